The van der Waals surface area contributed by atoms with Crippen molar-refractivity contribution in [3.05, 3.63) is 65.3 Å². The second-order valence-electron chi connectivity index (χ2n) is 5.56. The molecule has 124 valence electrons. The summed E-state index contributed by atoms with van der Waals surface area (Å²) in [6.45, 7) is 2.00. The summed E-state index contributed by atoms with van der Waals surface area (Å²) in [4.78, 5) is 3.27. The van der Waals surface area contributed by atoms with Crippen molar-refractivity contribution < 1.29 is 13.4 Å². The first-order valence-electron chi connectivity index (χ1n) is 7.34. The van der Waals surface area contributed by atoms with Gasteiger partial charge in [0.25, 0.3) is 0 Å². The summed E-state index contributed by atoms with van der Waals surface area (Å²) < 4.78 is 22.7. The second kappa shape index (κ2) is 6.39. The fourth-order valence-electron chi connectivity index (χ4n) is 2.56. The molecular weight excluding hydrogens is 346 g/mol. The molecule has 0 unspecified atom stereocenters. The molecular formula is C17H17ClN3O2S+. The number of nitrogens with two attached hydrogens (primary N) is 1. The number of hydrogen-bond acceptors (Lipinski definition) is 3. The number of anilines is 1. The van der Waals surface area contributed by atoms with E-state index in [1.807, 2.05) is 37.4 Å². The van der Waals surface area contributed by atoms with Crippen molar-refractivity contribution in [2.45, 2.75) is 17.9 Å². The van der Waals surface area contributed by atoms with Crippen molar-refractivity contribution in [3.8, 4) is 0 Å². The Bertz CT molecular complexity index is 988. The summed E-state index contributed by atoms with van der Waals surface area (Å²) in [5.41, 5.74) is 2.85. The lowest BCUT2D eigenvalue weighted by molar-refractivity contribution is -0.344. The second-order valence-corrected chi connectivity index (χ2v) is 7.56. The topological polar surface area (TPSA) is 86.3 Å². The van der Waals surface area contributed by atoms with Gasteiger partial charge in [0.2, 0.25) is 15.5 Å². The van der Waals surface area contributed by atoms with E-state index in [4.69, 9.17) is 16.7 Å². The van der Waals surface area contributed by atoms with E-state index >= 15 is 0 Å². The number of fused-ring (bicyclic) bond motifs is 1. The highest BCUT2D eigenvalue weighted by atomic mass is 35.5. The van der Waals surface area contributed by atoms with Gasteiger partial charge < -0.3 is 5.32 Å². The Morgan fingerprint density at radius 3 is 2.50 bits per heavy atom. The number of rotatable bonds is 4. The molecule has 2 aromatic carbocycles. The third-order valence-corrected chi connectivity index (χ3v) is 5.01. The SMILES string of the molecule is C[C@H](Nc1cc[nH+]c2cc(Cl)ccc12)c1ccc(S(N)(=O)=O)cc1. The summed E-state index contributed by atoms with van der Waals surface area (Å²) in [6.07, 6.45) is 1.85. The lowest BCUT2D eigenvalue weighted by Crippen LogP contribution is -2.13. The highest BCUT2D eigenvalue weighted by molar-refractivity contribution is 7.89. The van der Waals surface area contributed by atoms with Gasteiger partial charge in [-0.15, -0.1) is 0 Å². The van der Waals surface area contributed by atoms with E-state index in [1.165, 1.54) is 12.1 Å². The molecule has 7 heteroatoms. The van der Waals surface area contributed by atoms with E-state index in [1.54, 1.807) is 12.1 Å². The van der Waals surface area contributed by atoms with Gasteiger partial charge in [-0.05, 0) is 36.8 Å². The van der Waals surface area contributed by atoms with E-state index in [9.17, 15) is 8.42 Å². The van der Waals surface area contributed by atoms with Gasteiger partial charge in [0.1, 0.15) is 0 Å². The fraction of sp³-hybridized carbons (Fsp3) is 0.118. The Labute approximate surface area is 145 Å². The van der Waals surface area contributed by atoms with Gasteiger partial charge in [-0.3, -0.25) is 0 Å². The van der Waals surface area contributed by atoms with E-state index in [0.29, 0.717) is 5.02 Å². The quantitative estimate of drug-likeness (QED) is 0.747. The van der Waals surface area contributed by atoms with Crippen LogP contribution in [0, 0.1) is 0 Å². The van der Waals surface area contributed by atoms with Crippen LogP contribution in [-0.2, 0) is 10.0 Å². The number of benzene rings is 2. The molecule has 0 aliphatic heterocycles. The van der Waals surface area contributed by atoms with Crippen LogP contribution >= 0.6 is 11.6 Å². The Hall–Kier alpha value is -2.15. The van der Waals surface area contributed by atoms with Crippen LogP contribution in [0.5, 0.6) is 0 Å². The zero-order valence-electron chi connectivity index (χ0n) is 13.0. The molecule has 0 saturated heterocycles. The van der Waals surface area contributed by atoms with E-state index in [0.717, 1.165) is 22.2 Å². The summed E-state index contributed by atoms with van der Waals surface area (Å²) in [7, 11) is -3.67. The predicted octanol–water partition coefficient (Wildman–Crippen LogP) is 3.13. The third-order valence-electron chi connectivity index (χ3n) is 3.84. The van der Waals surface area contributed by atoms with Crippen LogP contribution in [0.25, 0.3) is 10.9 Å². The highest BCUT2D eigenvalue weighted by Crippen LogP contribution is 2.26. The minimum Gasteiger partial charge on any atom is -0.378 e. The molecule has 1 atom stereocenters. The van der Waals surface area contributed by atoms with Crippen molar-refractivity contribution in [2.24, 2.45) is 5.14 Å². The third kappa shape index (κ3) is 3.51. The monoisotopic (exact) mass is 362 g/mol. The standard InChI is InChI=1S/C17H16ClN3O2S/c1-11(12-2-5-14(6-3-12)24(19,22)23)21-16-8-9-20-17-10-13(18)4-7-15(16)17/h2-11H,1H3,(H,20,21)(H2,19,22,23)/p+1/t11-/m0/s1. The molecule has 4 N–H and O–H groups in total. The first-order valence-corrected chi connectivity index (χ1v) is 9.26. The Morgan fingerprint density at radius 2 is 1.83 bits per heavy atom. The number of hydrogen-bond donors (Lipinski definition) is 2. The number of halogens is 1. The average Bonchev–Trinajstić information content (AvgIpc) is 2.54. The van der Waals surface area contributed by atoms with Crippen molar-refractivity contribution >= 4 is 38.2 Å². The lowest BCUT2D eigenvalue weighted by atomic mass is 10.1. The first kappa shape index (κ1) is 16.7. The minimum atomic E-state index is -3.67. The average molecular weight is 363 g/mol. The van der Waals surface area contributed by atoms with Gasteiger partial charge in [0.15, 0.2) is 6.20 Å². The van der Waals surface area contributed by atoms with Crippen LogP contribution in [0.3, 0.4) is 0 Å². The Balaban J connectivity index is 1.88. The van der Waals surface area contributed by atoms with Crippen molar-refractivity contribution in [2.75, 3.05) is 5.32 Å². The molecule has 0 saturated carbocycles. The normalized spacial score (nSPS) is 13.0. The molecule has 0 amide bonds. The molecule has 24 heavy (non-hydrogen) atoms. The maximum absolute atomic E-state index is 11.3. The van der Waals surface area contributed by atoms with Gasteiger partial charge >= 0.3 is 0 Å². The molecule has 0 spiro atoms. The first-order chi connectivity index (χ1) is 11.3. The number of aromatic nitrogens is 1. The largest absolute Gasteiger partial charge is 0.378 e. The molecule has 1 heterocycles. The van der Waals surface area contributed by atoms with E-state index < -0.39 is 10.0 Å². The van der Waals surface area contributed by atoms with Crippen molar-refractivity contribution in [3.63, 3.8) is 0 Å². The molecule has 1 aromatic heterocycles. The van der Waals surface area contributed by atoms with Crippen LogP contribution in [0.2, 0.25) is 5.02 Å². The molecule has 0 radical (unpaired) electrons. The summed E-state index contributed by atoms with van der Waals surface area (Å²) in [6, 6.07) is 14.1. The zero-order chi connectivity index (χ0) is 17.3. The smallest absolute Gasteiger partial charge is 0.238 e. The van der Waals surface area contributed by atoms with Crippen LogP contribution in [0.1, 0.15) is 18.5 Å². The van der Waals surface area contributed by atoms with Gasteiger partial charge in [0.05, 0.1) is 16.0 Å². The summed E-state index contributed by atoms with van der Waals surface area (Å²) in [5, 5.41) is 10.3. The van der Waals surface area contributed by atoms with Gasteiger partial charge in [-0.2, -0.15) is 0 Å². The maximum atomic E-state index is 11.3. The van der Waals surface area contributed by atoms with Crippen molar-refractivity contribution in [1.29, 1.82) is 0 Å². The van der Waals surface area contributed by atoms with Crippen LogP contribution in [-0.4, -0.2) is 8.42 Å². The van der Waals surface area contributed by atoms with Crippen LogP contribution < -0.4 is 15.4 Å². The Kier molecular flexibility index (Phi) is 4.45. The van der Waals surface area contributed by atoms with Crippen LogP contribution in [0.4, 0.5) is 5.69 Å². The van der Waals surface area contributed by atoms with Crippen molar-refractivity contribution in [1.82, 2.24) is 0 Å². The molecule has 0 fully saturated rings. The molecule has 5 nitrogen and oxygen atoms in total. The molecule has 3 aromatic rings. The zero-order valence-corrected chi connectivity index (χ0v) is 14.5. The van der Waals surface area contributed by atoms with E-state index in [2.05, 4.69) is 10.3 Å². The molecule has 3 rings (SSSR count). The summed E-state index contributed by atoms with van der Waals surface area (Å²) >= 11 is 6.02. The Morgan fingerprint density at radius 1 is 1.12 bits per heavy atom. The molecule has 0 aliphatic carbocycles. The van der Waals surface area contributed by atoms with Gasteiger partial charge in [0, 0.05) is 23.2 Å². The number of sulfonamides is 1. The van der Waals surface area contributed by atoms with Gasteiger partial charge in [-0.1, -0.05) is 23.7 Å². The lowest BCUT2D eigenvalue weighted by Gasteiger charge is -2.16. The fourth-order valence-corrected chi connectivity index (χ4v) is 3.25. The maximum Gasteiger partial charge on any atom is 0.238 e. The summed E-state index contributed by atoms with van der Waals surface area (Å²) in [5.74, 6) is 0. The molecule has 0 bridgehead atoms. The minimum absolute atomic E-state index is 0.0131. The van der Waals surface area contributed by atoms with Gasteiger partial charge in [-0.25, -0.2) is 18.5 Å². The number of primary sulfonamides is 1. The highest BCUT2D eigenvalue weighted by Gasteiger charge is 2.12. The number of aromatic amines is 1. The number of H-pyrrole nitrogens is 1. The van der Waals surface area contributed by atoms with E-state index in [-0.39, 0.29) is 10.9 Å². The number of pyridine rings is 1. The number of nitrogens with one attached hydrogen (secondary N) is 2. The molecule has 0 aliphatic rings. The van der Waals surface area contributed by atoms with Crippen LogP contribution in [0.15, 0.2) is 59.6 Å². The predicted molar refractivity (Wildman–Crippen MR) is 95.4 cm³/mol.